The fourth-order valence-corrected chi connectivity index (χ4v) is 1.99. The van der Waals surface area contributed by atoms with E-state index in [-0.39, 0.29) is 0 Å². The summed E-state index contributed by atoms with van der Waals surface area (Å²) in [4.78, 5) is 0. The molecule has 0 aromatic rings. The number of hydrogen-bond donors (Lipinski definition) is 1. The van der Waals surface area contributed by atoms with E-state index in [1.807, 2.05) is 0 Å². The summed E-state index contributed by atoms with van der Waals surface area (Å²) < 4.78 is 5.62. The first-order chi connectivity index (χ1) is 4.97. The topological polar surface area (TPSA) is 21.3 Å². The average Bonchev–Trinajstić information content (AvgIpc) is 2.05. The van der Waals surface area contributed by atoms with Crippen LogP contribution in [0.1, 0.15) is 19.3 Å². The molecule has 0 spiro atoms. The lowest BCUT2D eigenvalue weighted by Gasteiger charge is -2.35. The molecule has 2 heterocycles. The maximum Gasteiger partial charge on any atom is 0.0728 e. The summed E-state index contributed by atoms with van der Waals surface area (Å²) in [7, 11) is 0. The molecular weight excluding hydrogens is 126 g/mol. The maximum absolute atomic E-state index is 5.62. The zero-order valence-corrected chi connectivity index (χ0v) is 6.31. The van der Waals surface area contributed by atoms with Crippen LogP contribution in [0.5, 0.6) is 0 Å². The van der Waals surface area contributed by atoms with Gasteiger partial charge in [-0.2, -0.15) is 0 Å². The summed E-state index contributed by atoms with van der Waals surface area (Å²) in [5.41, 5.74) is 0. The molecule has 2 atom stereocenters. The van der Waals surface area contributed by atoms with Crippen LogP contribution in [-0.2, 0) is 4.74 Å². The van der Waals surface area contributed by atoms with Gasteiger partial charge in [0.2, 0.25) is 0 Å². The van der Waals surface area contributed by atoms with Crippen LogP contribution >= 0.6 is 0 Å². The molecule has 2 fully saturated rings. The van der Waals surface area contributed by atoms with Crippen LogP contribution < -0.4 is 5.32 Å². The number of nitrogens with one attached hydrogen (secondary N) is 1. The highest BCUT2D eigenvalue weighted by Gasteiger charge is 2.27. The Kier molecular flexibility index (Phi) is 1.91. The molecule has 0 aromatic heterocycles. The average molecular weight is 141 g/mol. The summed E-state index contributed by atoms with van der Waals surface area (Å²) in [6.07, 6.45) is 4.54. The van der Waals surface area contributed by atoms with Crippen molar-refractivity contribution in [2.45, 2.75) is 25.4 Å². The number of ether oxygens (including phenoxy) is 1. The smallest absolute Gasteiger partial charge is 0.0728 e. The van der Waals surface area contributed by atoms with Crippen LogP contribution in [0.4, 0.5) is 0 Å². The Morgan fingerprint density at radius 1 is 1.30 bits per heavy atom. The molecule has 2 nitrogen and oxygen atoms in total. The standard InChI is InChI=1S/C8H15NO/c1-2-7-3-4-9-6-8(7)10-5-1/h7-9H,1-6H2/t7-,8-/m0/s1. The summed E-state index contributed by atoms with van der Waals surface area (Å²) in [5, 5.41) is 3.36. The number of fused-ring (bicyclic) bond motifs is 1. The first-order valence-corrected chi connectivity index (χ1v) is 4.29. The van der Waals surface area contributed by atoms with Gasteiger partial charge < -0.3 is 10.1 Å². The van der Waals surface area contributed by atoms with E-state index in [1.165, 1.54) is 25.8 Å². The molecule has 2 saturated heterocycles. The lowest BCUT2D eigenvalue weighted by Crippen LogP contribution is -2.44. The van der Waals surface area contributed by atoms with E-state index in [0.717, 1.165) is 19.1 Å². The second-order valence-electron chi connectivity index (χ2n) is 3.30. The number of hydrogen-bond acceptors (Lipinski definition) is 2. The van der Waals surface area contributed by atoms with Crippen LogP contribution in [0.2, 0.25) is 0 Å². The van der Waals surface area contributed by atoms with Crippen LogP contribution in [0.3, 0.4) is 0 Å². The minimum atomic E-state index is 0.544. The molecule has 58 valence electrons. The molecule has 0 unspecified atom stereocenters. The second-order valence-corrected chi connectivity index (χ2v) is 3.30. The van der Waals surface area contributed by atoms with Crippen molar-refractivity contribution in [3.8, 4) is 0 Å². The Morgan fingerprint density at radius 2 is 2.30 bits per heavy atom. The van der Waals surface area contributed by atoms with Gasteiger partial charge in [0.05, 0.1) is 6.10 Å². The Balaban J connectivity index is 1.93. The third-order valence-electron chi connectivity index (χ3n) is 2.61. The lowest BCUT2D eigenvalue weighted by molar-refractivity contribution is -0.0384. The largest absolute Gasteiger partial charge is 0.377 e. The van der Waals surface area contributed by atoms with Gasteiger partial charge in [0.15, 0.2) is 0 Å². The van der Waals surface area contributed by atoms with Gasteiger partial charge in [0.1, 0.15) is 0 Å². The van der Waals surface area contributed by atoms with Gasteiger partial charge in [0.25, 0.3) is 0 Å². The molecule has 0 amide bonds. The number of piperidine rings is 1. The van der Waals surface area contributed by atoms with E-state index in [2.05, 4.69) is 5.32 Å². The monoisotopic (exact) mass is 141 g/mol. The Hall–Kier alpha value is -0.0800. The highest BCUT2D eigenvalue weighted by atomic mass is 16.5. The highest BCUT2D eigenvalue weighted by molar-refractivity contribution is 4.80. The minimum absolute atomic E-state index is 0.544. The highest BCUT2D eigenvalue weighted by Crippen LogP contribution is 2.25. The molecule has 0 saturated carbocycles. The van der Waals surface area contributed by atoms with Crippen molar-refractivity contribution in [2.75, 3.05) is 19.7 Å². The first-order valence-electron chi connectivity index (χ1n) is 4.29. The fourth-order valence-electron chi connectivity index (χ4n) is 1.99. The van der Waals surface area contributed by atoms with Gasteiger partial charge in [-0.15, -0.1) is 0 Å². The van der Waals surface area contributed by atoms with Crippen molar-refractivity contribution in [1.29, 1.82) is 0 Å². The van der Waals surface area contributed by atoms with E-state index in [0.29, 0.717) is 6.10 Å². The first kappa shape index (κ1) is 6.62. The summed E-state index contributed by atoms with van der Waals surface area (Å²) >= 11 is 0. The summed E-state index contributed by atoms with van der Waals surface area (Å²) in [6, 6.07) is 0. The normalized spacial score (nSPS) is 40.8. The molecule has 2 rings (SSSR count). The van der Waals surface area contributed by atoms with E-state index in [9.17, 15) is 0 Å². The zero-order valence-electron chi connectivity index (χ0n) is 6.31. The van der Waals surface area contributed by atoms with Crippen molar-refractivity contribution >= 4 is 0 Å². The van der Waals surface area contributed by atoms with Gasteiger partial charge >= 0.3 is 0 Å². The van der Waals surface area contributed by atoms with Gasteiger partial charge in [-0.3, -0.25) is 0 Å². The van der Waals surface area contributed by atoms with E-state index in [1.54, 1.807) is 0 Å². The SMILES string of the molecule is C1CO[C@H]2CNCC[C@@H]2C1. The van der Waals surface area contributed by atoms with E-state index in [4.69, 9.17) is 4.74 Å². The molecule has 2 heteroatoms. The van der Waals surface area contributed by atoms with Crippen molar-refractivity contribution in [2.24, 2.45) is 5.92 Å². The third kappa shape index (κ3) is 1.18. The van der Waals surface area contributed by atoms with Crippen molar-refractivity contribution < 1.29 is 4.74 Å². The van der Waals surface area contributed by atoms with E-state index >= 15 is 0 Å². The molecule has 0 radical (unpaired) electrons. The molecule has 0 aromatic carbocycles. The Bertz CT molecular complexity index is 89.8. The number of rotatable bonds is 0. The quantitative estimate of drug-likeness (QED) is 0.538. The van der Waals surface area contributed by atoms with E-state index < -0.39 is 0 Å². The van der Waals surface area contributed by atoms with Crippen molar-refractivity contribution in [3.05, 3.63) is 0 Å². The Labute approximate surface area is 61.9 Å². The molecule has 10 heavy (non-hydrogen) atoms. The summed E-state index contributed by atoms with van der Waals surface area (Å²) in [6.45, 7) is 3.28. The predicted octanol–water partition coefficient (Wildman–Crippen LogP) is 0.775. The molecule has 1 N–H and O–H groups in total. The third-order valence-corrected chi connectivity index (χ3v) is 2.61. The minimum Gasteiger partial charge on any atom is -0.377 e. The maximum atomic E-state index is 5.62. The van der Waals surface area contributed by atoms with Crippen LogP contribution in [0.25, 0.3) is 0 Å². The van der Waals surface area contributed by atoms with Crippen LogP contribution in [0.15, 0.2) is 0 Å². The van der Waals surface area contributed by atoms with Crippen molar-refractivity contribution in [1.82, 2.24) is 5.32 Å². The van der Waals surface area contributed by atoms with Gasteiger partial charge in [-0.1, -0.05) is 0 Å². The van der Waals surface area contributed by atoms with Crippen LogP contribution in [0, 0.1) is 5.92 Å². The predicted molar refractivity (Wildman–Crippen MR) is 40.0 cm³/mol. The second kappa shape index (κ2) is 2.89. The molecular formula is C8H15NO. The van der Waals surface area contributed by atoms with Gasteiger partial charge in [-0.25, -0.2) is 0 Å². The van der Waals surface area contributed by atoms with Gasteiger partial charge in [0, 0.05) is 13.2 Å². The zero-order chi connectivity index (χ0) is 6.81. The molecule has 0 aliphatic carbocycles. The lowest BCUT2D eigenvalue weighted by atomic mass is 9.89. The fraction of sp³-hybridized carbons (Fsp3) is 1.00. The Morgan fingerprint density at radius 3 is 3.20 bits per heavy atom. The van der Waals surface area contributed by atoms with Crippen LogP contribution in [-0.4, -0.2) is 25.8 Å². The van der Waals surface area contributed by atoms with Crippen molar-refractivity contribution in [3.63, 3.8) is 0 Å². The molecule has 2 aliphatic heterocycles. The molecule has 0 bridgehead atoms. The van der Waals surface area contributed by atoms with Gasteiger partial charge in [-0.05, 0) is 31.7 Å². The summed E-state index contributed by atoms with van der Waals surface area (Å²) in [5.74, 6) is 0.870. The molecule has 2 aliphatic rings.